The monoisotopic (exact) mass is 820 g/mol. The lowest BCUT2D eigenvalue weighted by Crippen LogP contribution is -2.57. The number of anilines is 1. The SMILES string of the molecule is CN1CCC[C@H]1COc1nc(N2C[C@H]3CC[C@@H](C2)N3C(=O)OC(C)(C)C)c2cc(Oc3ccccc3C#N)c(-c3cc(OCc4ccccc4)cc4ccccc34)c(F)c2n1. The van der Waals surface area contributed by atoms with Gasteiger partial charge in [0.2, 0.25) is 0 Å². The van der Waals surface area contributed by atoms with Crippen molar-refractivity contribution < 1.29 is 28.1 Å². The Kier molecular flexibility index (Phi) is 10.8. The molecule has 3 aliphatic rings. The number of nitriles is 1. The number of hydrogen-bond acceptors (Lipinski definition) is 10. The number of rotatable bonds is 10. The lowest BCUT2D eigenvalue weighted by Gasteiger charge is -2.42. The largest absolute Gasteiger partial charge is 0.489 e. The second kappa shape index (κ2) is 16.5. The molecule has 3 atom stereocenters. The van der Waals surface area contributed by atoms with Crippen LogP contribution in [0.3, 0.4) is 0 Å². The summed E-state index contributed by atoms with van der Waals surface area (Å²) in [4.78, 5) is 29.6. The molecule has 0 radical (unpaired) electrons. The second-order valence-electron chi connectivity index (χ2n) is 17.2. The van der Waals surface area contributed by atoms with Gasteiger partial charge in [-0.1, -0.05) is 66.7 Å². The van der Waals surface area contributed by atoms with Crippen LogP contribution in [0.2, 0.25) is 0 Å². The lowest BCUT2D eigenvalue weighted by molar-refractivity contribution is 0.0122. The zero-order valence-corrected chi connectivity index (χ0v) is 34.9. The van der Waals surface area contributed by atoms with Crippen LogP contribution in [0.1, 0.15) is 57.6 Å². The minimum absolute atomic E-state index is 0.0669. The Hall–Kier alpha value is -6.45. The van der Waals surface area contributed by atoms with E-state index in [1.807, 2.05) is 92.4 Å². The Morgan fingerprint density at radius 1 is 0.869 bits per heavy atom. The van der Waals surface area contributed by atoms with Gasteiger partial charge in [-0.05, 0) is 112 Å². The first-order valence-corrected chi connectivity index (χ1v) is 21.0. The Morgan fingerprint density at radius 2 is 1.61 bits per heavy atom. The number of amides is 1. The lowest BCUT2D eigenvalue weighted by atomic mass is 9.95. The standard InChI is InChI=1S/C49H49FN6O5/c1-49(2,3)61-48(57)56-34-20-21-35(56)28-55(27-34)46-40-25-42(60-41-19-11-9-16-33(41)26-51)43(44(50)45(40)52-47(53-46)59-30-36-17-12-22-54(36)4)39-24-37(23-32-15-8-10-18-38(32)39)58-29-31-13-6-5-7-14-31/h5-11,13-16,18-19,23-25,34-36H,12,17,20-22,27-30H2,1-4H3/t34-,35+,36-/m0/s1. The van der Waals surface area contributed by atoms with Crippen molar-refractivity contribution in [3.05, 3.63) is 114 Å². The van der Waals surface area contributed by atoms with Crippen LogP contribution in [0, 0.1) is 17.1 Å². The zero-order valence-electron chi connectivity index (χ0n) is 34.9. The molecule has 5 aromatic carbocycles. The summed E-state index contributed by atoms with van der Waals surface area (Å²) in [6.07, 6.45) is 3.31. The molecule has 12 heteroatoms. The van der Waals surface area contributed by atoms with Crippen LogP contribution in [-0.4, -0.2) is 82.9 Å². The van der Waals surface area contributed by atoms with Crippen LogP contribution in [0.5, 0.6) is 23.3 Å². The number of likely N-dealkylation sites (N-methyl/N-ethyl adjacent to an activating group) is 1. The molecule has 11 nitrogen and oxygen atoms in total. The number of nitrogens with zero attached hydrogens (tertiary/aromatic N) is 6. The van der Waals surface area contributed by atoms with Crippen LogP contribution in [0.15, 0.2) is 97.1 Å². The molecule has 312 valence electrons. The number of fused-ring (bicyclic) bond motifs is 4. The van der Waals surface area contributed by atoms with Crippen LogP contribution < -0.4 is 19.1 Å². The minimum atomic E-state index is -0.634. The fourth-order valence-corrected chi connectivity index (χ4v) is 8.93. The summed E-state index contributed by atoms with van der Waals surface area (Å²) >= 11 is 0. The van der Waals surface area contributed by atoms with Gasteiger partial charge in [0.1, 0.15) is 53.5 Å². The predicted molar refractivity (Wildman–Crippen MR) is 233 cm³/mol. The number of para-hydroxylation sites is 1. The van der Waals surface area contributed by atoms with Crippen LogP contribution >= 0.6 is 0 Å². The normalized spacial score (nSPS) is 19.0. The molecule has 0 N–H and O–H groups in total. The van der Waals surface area contributed by atoms with E-state index in [1.165, 1.54) is 0 Å². The maximum Gasteiger partial charge on any atom is 0.410 e. The average molecular weight is 821 g/mol. The third kappa shape index (κ3) is 8.22. The highest BCUT2D eigenvalue weighted by atomic mass is 19.1. The van der Waals surface area contributed by atoms with Gasteiger partial charge in [-0.2, -0.15) is 15.2 Å². The summed E-state index contributed by atoms with van der Waals surface area (Å²) in [5.41, 5.74) is 1.41. The van der Waals surface area contributed by atoms with Gasteiger partial charge in [0.15, 0.2) is 5.82 Å². The van der Waals surface area contributed by atoms with Crippen LogP contribution in [0.25, 0.3) is 32.8 Å². The van der Waals surface area contributed by atoms with Gasteiger partial charge in [-0.25, -0.2) is 9.18 Å². The molecule has 2 bridgehead atoms. The number of carbonyl (C=O) groups is 1. The maximum atomic E-state index is 18.2. The third-order valence-electron chi connectivity index (χ3n) is 11.9. The van der Waals surface area contributed by atoms with Crippen molar-refractivity contribution in [2.75, 3.05) is 38.2 Å². The first-order valence-electron chi connectivity index (χ1n) is 21.0. The molecule has 3 aliphatic heterocycles. The fourth-order valence-electron chi connectivity index (χ4n) is 8.93. The van der Waals surface area contributed by atoms with E-state index < -0.39 is 11.4 Å². The van der Waals surface area contributed by atoms with E-state index in [9.17, 15) is 10.1 Å². The van der Waals surface area contributed by atoms with E-state index in [4.69, 9.17) is 28.9 Å². The molecule has 3 fully saturated rings. The number of aromatic nitrogens is 2. The number of hydrogen-bond donors (Lipinski definition) is 0. The molecule has 0 saturated carbocycles. The van der Waals surface area contributed by atoms with Crippen molar-refractivity contribution in [1.29, 1.82) is 5.26 Å². The number of carbonyl (C=O) groups excluding carboxylic acids is 1. The van der Waals surface area contributed by atoms with Gasteiger partial charge < -0.3 is 28.7 Å². The first kappa shape index (κ1) is 40.0. The van der Waals surface area contributed by atoms with E-state index in [1.54, 1.807) is 30.3 Å². The number of likely N-dealkylation sites (tertiary alicyclic amines) is 1. The van der Waals surface area contributed by atoms with Crippen molar-refractivity contribution in [2.45, 2.75) is 76.8 Å². The maximum absolute atomic E-state index is 18.2. The number of halogens is 1. The van der Waals surface area contributed by atoms with E-state index in [0.717, 1.165) is 48.6 Å². The molecule has 0 aliphatic carbocycles. The summed E-state index contributed by atoms with van der Waals surface area (Å²) in [6, 6.07) is 32.3. The minimum Gasteiger partial charge on any atom is -0.489 e. The van der Waals surface area contributed by atoms with Gasteiger partial charge >= 0.3 is 12.1 Å². The fraction of sp³-hybridized carbons (Fsp3) is 0.347. The highest BCUT2D eigenvalue weighted by Gasteiger charge is 2.45. The van der Waals surface area contributed by atoms with Crippen molar-refractivity contribution in [3.63, 3.8) is 0 Å². The molecule has 1 amide bonds. The van der Waals surface area contributed by atoms with Crippen molar-refractivity contribution in [3.8, 4) is 40.5 Å². The van der Waals surface area contributed by atoms with Crippen molar-refractivity contribution >= 4 is 33.6 Å². The highest BCUT2D eigenvalue weighted by molar-refractivity contribution is 6.03. The Labute approximate surface area is 355 Å². The van der Waals surface area contributed by atoms with E-state index >= 15 is 4.39 Å². The molecule has 6 aromatic rings. The average Bonchev–Trinajstić information content (AvgIpc) is 3.79. The molecule has 1 aromatic heterocycles. The van der Waals surface area contributed by atoms with Gasteiger partial charge in [-0.3, -0.25) is 4.90 Å². The first-order chi connectivity index (χ1) is 29.5. The Morgan fingerprint density at radius 3 is 2.34 bits per heavy atom. The molecule has 0 unspecified atom stereocenters. The summed E-state index contributed by atoms with van der Waals surface area (Å²) in [6.45, 7) is 8.16. The molecular weight excluding hydrogens is 772 g/mol. The van der Waals surface area contributed by atoms with E-state index in [-0.39, 0.29) is 52.8 Å². The molecular formula is C49H49FN6O5. The molecule has 0 spiro atoms. The Bertz CT molecular complexity index is 2630. The Balaban J connectivity index is 1.21. The predicted octanol–water partition coefficient (Wildman–Crippen LogP) is 9.89. The molecule has 61 heavy (non-hydrogen) atoms. The van der Waals surface area contributed by atoms with Crippen molar-refractivity contribution in [2.24, 2.45) is 0 Å². The van der Waals surface area contributed by atoms with Gasteiger partial charge in [0, 0.05) is 24.5 Å². The van der Waals surface area contributed by atoms with E-state index in [0.29, 0.717) is 54.4 Å². The number of ether oxygens (including phenoxy) is 4. The number of benzene rings is 5. The summed E-state index contributed by atoms with van der Waals surface area (Å²) in [5.74, 6) is 0.854. The topological polar surface area (TPSA) is 113 Å². The van der Waals surface area contributed by atoms with Crippen LogP contribution in [0.4, 0.5) is 15.0 Å². The summed E-state index contributed by atoms with van der Waals surface area (Å²) in [5, 5.41) is 12.1. The van der Waals surface area contributed by atoms with Crippen LogP contribution in [-0.2, 0) is 11.3 Å². The van der Waals surface area contributed by atoms with Crippen molar-refractivity contribution in [1.82, 2.24) is 19.8 Å². The quantitative estimate of drug-likeness (QED) is 0.132. The smallest absolute Gasteiger partial charge is 0.410 e. The summed E-state index contributed by atoms with van der Waals surface area (Å²) < 4.78 is 43.4. The second-order valence-corrected chi connectivity index (χ2v) is 17.2. The van der Waals surface area contributed by atoms with Gasteiger partial charge in [0.05, 0.1) is 23.2 Å². The number of piperazine rings is 1. The molecule has 4 heterocycles. The molecule has 9 rings (SSSR count). The summed E-state index contributed by atoms with van der Waals surface area (Å²) in [7, 11) is 2.08. The molecule has 3 saturated heterocycles. The van der Waals surface area contributed by atoms with Gasteiger partial charge in [0.25, 0.3) is 0 Å². The highest BCUT2D eigenvalue weighted by Crippen LogP contribution is 2.46. The third-order valence-corrected chi connectivity index (χ3v) is 11.9. The zero-order chi connectivity index (χ0) is 42.3. The van der Waals surface area contributed by atoms with E-state index in [2.05, 4.69) is 22.9 Å². The van der Waals surface area contributed by atoms with Gasteiger partial charge in [-0.15, -0.1) is 0 Å².